The SMILES string of the molecule is COc1cc(F)c(OC2CCC(C)(C(=O)O)CC2)cc1C(=O)N[C@@H]1[C@H](C(=O)NCC2(C)CCC2)[C@@H]2CC[C@H]1O2. The van der Waals surface area contributed by atoms with Crippen molar-refractivity contribution >= 4 is 17.8 Å². The van der Waals surface area contributed by atoms with Gasteiger partial charge in [-0.2, -0.15) is 0 Å². The van der Waals surface area contributed by atoms with Gasteiger partial charge in [0.25, 0.3) is 5.91 Å². The third-order valence-corrected chi connectivity index (χ3v) is 9.47. The Morgan fingerprint density at radius 1 is 1.05 bits per heavy atom. The van der Waals surface area contributed by atoms with Gasteiger partial charge in [-0.3, -0.25) is 14.4 Å². The second-order valence-electron chi connectivity index (χ2n) is 12.4. The van der Waals surface area contributed by atoms with E-state index < -0.39 is 35.1 Å². The largest absolute Gasteiger partial charge is 0.496 e. The third kappa shape index (κ3) is 5.44. The fourth-order valence-electron chi connectivity index (χ4n) is 6.51. The number of carboxylic acids is 1. The number of benzene rings is 1. The lowest BCUT2D eigenvalue weighted by Crippen LogP contribution is -2.53. The van der Waals surface area contributed by atoms with Crippen LogP contribution in [0.3, 0.4) is 0 Å². The number of hydrogen-bond acceptors (Lipinski definition) is 6. The molecule has 4 aliphatic rings. The van der Waals surface area contributed by atoms with Crippen molar-refractivity contribution in [3.63, 3.8) is 0 Å². The molecule has 0 radical (unpaired) electrons. The van der Waals surface area contributed by atoms with E-state index in [1.54, 1.807) is 6.92 Å². The molecule has 2 aliphatic heterocycles. The van der Waals surface area contributed by atoms with Crippen LogP contribution in [0.15, 0.2) is 12.1 Å². The smallest absolute Gasteiger partial charge is 0.309 e. The van der Waals surface area contributed by atoms with Crippen molar-refractivity contribution < 1.29 is 38.1 Å². The van der Waals surface area contributed by atoms with Crippen molar-refractivity contribution in [1.82, 2.24) is 10.6 Å². The Bertz CT molecular complexity index is 1130. The van der Waals surface area contributed by atoms with Crippen molar-refractivity contribution in [3.05, 3.63) is 23.5 Å². The Morgan fingerprint density at radius 3 is 2.36 bits per heavy atom. The molecule has 0 aromatic heterocycles. The highest BCUT2D eigenvalue weighted by Gasteiger charge is 2.53. The van der Waals surface area contributed by atoms with Crippen LogP contribution in [0.1, 0.15) is 82.0 Å². The second-order valence-corrected chi connectivity index (χ2v) is 12.4. The Hall–Kier alpha value is -2.88. The quantitative estimate of drug-likeness (QED) is 0.430. The first-order valence-corrected chi connectivity index (χ1v) is 14.0. The number of nitrogens with one attached hydrogen (secondary N) is 2. The number of carbonyl (C=O) groups excluding carboxylic acids is 2. The molecule has 5 rings (SSSR count). The van der Waals surface area contributed by atoms with Gasteiger partial charge < -0.3 is 30.0 Å². The summed E-state index contributed by atoms with van der Waals surface area (Å²) in [5.74, 6) is -2.64. The maximum atomic E-state index is 14.9. The second kappa shape index (κ2) is 10.6. The Labute approximate surface area is 228 Å². The maximum Gasteiger partial charge on any atom is 0.309 e. The molecule has 2 saturated carbocycles. The molecule has 0 unspecified atom stereocenters. The van der Waals surface area contributed by atoms with Crippen LogP contribution < -0.4 is 20.1 Å². The predicted octanol–water partition coefficient (Wildman–Crippen LogP) is 3.83. The molecule has 1 aromatic rings. The van der Waals surface area contributed by atoms with Crippen LogP contribution in [0.2, 0.25) is 0 Å². The average molecular weight is 547 g/mol. The molecule has 3 N–H and O–H groups in total. The van der Waals surface area contributed by atoms with Crippen LogP contribution >= 0.6 is 0 Å². The molecule has 2 bridgehead atoms. The number of hydrogen-bond donors (Lipinski definition) is 3. The van der Waals surface area contributed by atoms with Gasteiger partial charge in [0.05, 0.1) is 48.4 Å². The summed E-state index contributed by atoms with van der Waals surface area (Å²) in [5, 5.41) is 15.5. The van der Waals surface area contributed by atoms with E-state index in [2.05, 4.69) is 17.6 Å². The average Bonchev–Trinajstić information content (AvgIpc) is 3.50. The van der Waals surface area contributed by atoms with Crippen LogP contribution in [0.4, 0.5) is 4.39 Å². The number of ether oxygens (including phenoxy) is 3. The molecule has 9 nitrogen and oxygen atoms in total. The van der Waals surface area contributed by atoms with Gasteiger partial charge in [-0.1, -0.05) is 13.3 Å². The summed E-state index contributed by atoms with van der Waals surface area (Å²) in [6.45, 7) is 4.49. The van der Waals surface area contributed by atoms with Crippen LogP contribution in [0.5, 0.6) is 11.5 Å². The summed E-state index contributed by atoms with van der Waals surface area (Å²) in [5.41, 5.74) is -0.580. The van der Waals surface area contributed by atoms with E-state index in [1.807, 2.05) is 0 Å². The predicted molar refractivity (Wildman–Crippen MR) is 139 cm³/mol. The van der Waals surface area contributed by atoms with Gasteiger partial charge in [0.15, 0.2) is 11.6 Å². The molecule has 2 aliphatic carbocycles. The van der Waals surface area contributed by atoms with E-state index in [9.17, 15) is 23.9 Å². The zero-order valence-electron chi connectivity index (χ0n) is 22.9. The standard InChI is InChI=1S/C29H39FN2O7/c1-28(9-4-10-28)15-31-26(34)23-19-5-6-20(39-19)24(23)32-25(33)17-13-22(18(30)14-21(17)37-3)38-16-7-11-29(2,12-8-16)27(35)36/h13-14,16,19-20,23-24H,4-12,15H2,1-3H3,(H,31,34)(H,32,33)(H,35,36)/t16?,19-,20+,23+,24-,29?/m0/s1. The van der Waals surface area contributed by atoms with E-state index in [-0.39, 0.29) is 46.7 Å². The summed E-state index contributed by atoms with van der Waals surface area (Å²) < 4.78 is 32.2. The van der Waals surface area contributed by atoms with Crippen LogP contribution in [0.25, 0.3) is 0 Å². The molecule has 2 saturated heterocycles. The molecule has 4 atom stereocenters. The van der Waals surface area contributed by atoms with Crippen LogP contribution in [0, 0.1) is 22.6 Å². The molecule has 2 heterocycles. The molecule has 214 valence electrons. The summed E-state index contributed by atoms with van der Waals surface area (Å²) in [4.78, 5) is 38.2. The lowest BCUT2D eigenvalue weighted by atomic mass is 9.70. The zero-order valence-corrected chi connectivity index (χ0v) is 22.9. The van der Waals surface area contributed by atoms with Gasteiger partial charge in [-0.25, -0.2) is 4.39 Å². The first-order chi connectivity index (χ1) is 18.5. The number of halogens is 1. The molecule has 2 amide bonds. The van der Waals surface area contributed by atoms with E-state index >= 15 is 0 Å². The first kappa shape index (κ1) is 27.7. The van der Waals surface area contributed by atoms with Crippen LogP contribution in [-0.2, 0) is 14.3 Å². The molecule has 39 heavy (non-hydrogen) atoms. The monoisotopic (exact) mass is 546 g/mol. The van der Waals surface area contributed by atoms with Gasteiger partial charge in [-0.05, 0) is 69.8 Å². The zero-order chi connectivity index (χ0) is 27.9. The Kier molecular flexibility index (Phi) is 7.52. The third-order valence-electron chi connectivity index (χ3n) is 9.47. The highest BCUT2D eigenvalue weighted by Crippen LogP contribution is 2.42. The number of amides is 2. The number of aliphatic carboxylic acids is 1. The first-order valence-electron chi connectivity index (χ1n) is 14.0. The van der Waals surface area contributed by atoms with Crippen molar-refractivity contribution in [1.29, 1.82) is 0 Å². The van der Waals surface area contributed by atoms with Gasteiger partial charge in [0, 0.05) is 12.6 Å². The van der Waals surface area contributed by atoms with Crippen molar-refractivity contribution in [2.24, 2.45) is 16.7 Å². The summed E-state index contributed by atoms with van der Waals surface area (Å²) in [6, 6.07) is 1.95. The van der Waals surface area contributed by atoms with E-state index in [1.165, 1.54) is 19.6 Å². The van der Waals surface area contributed by atoms with Crippen molar-refractivity contribution in [3.8, 4) is 11.5 Å². The number of methoxy groups -OCH3 is 1. The minimum absolute atomic E-state index is 0.0578. The van der Waals surface area contributed by atoms with E-state index in [0.29, 0.717) is 32.2 Å². The molecule has 4 fully saturated rings. The number of carbonyl (C=O) groups is 3. The summed E-state index contributed by atoms with van der Waals surface area (Å²) in [6.07, 6.45) is 5.79. The van der Waals surface area contributed by atoms with Crippen molar-refractivity contribution in [2.75, 3.05) is 13.7 Å². The maximum absolute atomic E-state index is 14.9. The highest BCUT2D eigenvalue weighted by molar-refractivity contribution is 5.98. The summed E-state index contributed by atoms with van der Waals surface area (Å²) in [7, 11) is 1.36. The molecule has 1 aromatic carbocycles. The number of fused-ring (bicyclic) bond motifs is 2. The van der Waals surface area contributed by atoms with Crippen LogP contribution in [-0.4, -0.2) is 60.9 Å². The Balaban J connectivity index is 1.28. The number of rotatable bonds is 9. The minimum Gasteiger partial charge on any atom is -0.496 e. The minimum atomic E-state index is -0.843. The number of carboxylic acid groups (broad SMARTS) is 1. The van der Waals surface area contributed by atoms with Crippen molar-refractivity contribution in [2.45, 2.75) is 96.0 Å². The lowest BCUT2D eigenvalue weighted by Gasteiger charge is -2.39. The summed E-state index contributed by atoms with van der Waals surface area (Å²) >= 11 is 0. The van der Waals surface area contributed by atoms with E-state index in [0.717, 1.165) is 31.7 Å². The van der Waals surface area contributed by atoms with Gasteiger partial charge in [-0.15, -0.1) is 0 Å². The normalized spacial score (nSPS) is 32.7. The highest BCUT2D eigenvalue weighted by atomic mass is 19.1. The van der Waals surface area contributed by atoms with Gasteiger partial charge >= 0.3 is 5.97 Å². The fraction of sp³-hybridized carbons (Fsp3) is 0.690. The topological polar surface area (TPSA) is 123 Å². The van der Waals surface area contributed by atoms with E-state index in [4.69, 9.17) is 14.2 Å². The fourth-order valence-corrected chi connectivity index (χ4v) is 6.51. The molecule has 10 heteroatoms. The van der Waals surface area contributed by atoms with Gasteiger partial charge in [0.2, 0.25) is 5.91 Å². The Morgan fingerprint density at radius 2 is 1.74 bits per heavy atom. The molecular formula is C29H39FN2O7. The molecule has 0 spiro atoms. The lowest BCUT2D eigenvalue weighted by molar-refractivity contribution is -0.150. The molecular weight excluding hydrogens is 507 g/mol. The van der Waals surface area contributed by atoms with Gasteiger partial charge in [0.1, 0.15) is 5.75 Å².